The number of hydrogen-bond donors (Lipinski definition) is 2. The first kappa shape index (κ1) is 35.2. The fourth-order valence-electron chi connectivity index (χ4n) is 6.55. The summed E-state index contributed by atoms with van der Waals surface area (Å²) < 4.78 is 14.4. The maximum Gasteiger partial charge on any atom is 0.418 e. The standard InChI is InChI=1S/C36H54N4O6/c1-8-10-15-27(23-41)37-34(44)30(19-26-22-39(35(45)46-7)31-18-12-11-17-29(26)31)38-33(43)25(21-36(4,5)6)20-32(42)40-24(3)14-13-16-28(40)9-2/h11-12,17-18,22-25,27-28,30H,8-10,13-16,19-21H2,1-7H3,(H,37,44)(H,38,43)/t24-,25+,27-,28+,30?/m1/s1/i3D. The molecule has 3 amide bonds. The second-order valence-corrected chi connectivity index (χ2v) is 13.8. The van der Waals surface area contributed by atoms with Gasteiger partial charge < -0.3 is 25.1 Å². The Labute approximate surface area is 275 Å². The van der Waals surface area contributed by atoms with Gasteiger partial charge in [-0.1, -0.05) is 65.7 Å². The molecule has 1 aromatic carbocycles. The Morgan fingerprint density at radius 1 is 1.11 bits per heavy atom. The molecule has 1 aromatic heterocycles. The van der Waals surface area contributed by atoms with Gasteiger partial charge in [-0.25, -0.2) is 4.79 Å². The molecule has 3 rings (SSSR count). The van der Waals surface area contributed by atoms with Crippen molar-refractivity contribution in [2.45, 2.75) is 130 Å². The van der Waals surface area contributed by atoms with Crippen LogP contribution in [0.3, 0.4) is 0 Å². The summed E-state index contributed by atoms with van der Waals surface area (Å²) in [4.78, 5) is 68.1. The molecule has 2 heterocycles. The Bertz CT molecular complexity index is 1370. The van der Waals surface area contributed by atoms with Crippen molar-refractivity contribution < 1.29 is 30.1 Å². The summed E-state index contributed by atoms with van der Waals surface area (Å²) >= 11 is 0. The molecular weight excluding hydrogens is 584 g/mol. The van der Waals surface area contributed by atoms with Gasteiger partial charge in [0, 0.05) is 43.8 Å². The fourth-order valence-corrected chi connectivity index (χ4v) is 6.55. The number of carbonyl (C=O) groups is 5. The number of amides is 3. The van der Waals surface area contributed by atoms with Crippen LogP contribution in [-0.4, -0.2) is 70.8 Å². The van der Waals surface area contributed by atoms with Crippen molar-refractivity contribution in [3.05, 3.63) is 36.0 Å². The highest BCUT2D eigenvalue weighted by Crippen LogP contribution is 2.31. The van der Waals surface area contributed by atoms with Gasteiger partial charge in [0.1, 0.15) is 12.3 Å². The lowest BCUT2D eigenvalue weighted by molar-refractivity contribution is -0.142. The van der Waals surface area contributed by atoms with Crippen LogP contribution in [0.5, 0.6) is 0 Å². The van der Waals surface area contributed by atoms with E-state index in [4.69, 9.17) is 6.11 Å². The van der Waals surface area contributed by atoms with Crippen LogP contribution >= 0.6 is 0 Å². The van der Waals surface area contributed by atoms with E-state index in [1.807, 2.05) is 51.7 Å². The third-order valence-corrected chi connectivity index (χ3v) is 8.85. The smallest absolute Gasteiger partial charge is 0.418 e. The third kappa shape index (κ3) is 9.66. The molecule has 0 aliphatic carbocycles. The summed E-state index contributed by atoms with van der Waals surface area (Å²) in [5.41, 5.74) is 0.946. The van der Waals surface area contributed by atoms with Crippen LogP contribution in [0.15, 0.2) is 30.5 Å². The highest BCUT2D eigenvalue weighted by atomic mass is 16.5. The Hall–Kier alpha value is -3.69. The molecular formula is C36H54N4O6. The first-order valence-corrected chi connectivity index (χ1v) is 16.7. The number of aldehydes is 1. The molecule has 5 atom stereocenters. The van der Waals surface area contributed by atoms with Crippen LogP contribution in [0.1, 0.15) is 106 Å². The van der Waals surface area contributed by atoms with E-state index in [9.17, 15) is 24.0 Å². The van der Waals surface area contributed by atoms with Gasteiger partial charge in [-0.2, -0.15) is 0 Å². The van der Waals surface area contributed by atoms with Crippen molar-refractivity contribution in [2.24, 2.45) is 11.3 Å². The third-order valence-electron chi connectivity index (χ3n) is 8.85. The lowest BCUT2D eigenvalue weighted by Gasteiger charge is -2.41. The summed E-state index contributed by atoms with van der Waals surface area (Å²) in [5, 5.41) is 6.48. The lowest BCUT2D eigenvalue weighted by atomic mass is 9.82. The monoisotopic (exact) mass is 639 g/mol. The van der Waals surface area contributed by atoms with Gasteiger partial charge in [0.2, 0.25) is 17.7 Å². The number of nitrogens with zero attached hydrogens (tertiary/aromatic N) is 2. The minimum Gasteiger partial charge on any atom is -0.452 e. The molecule has 10 heteroatoms. The zero-order chi connectivity index (χ0) is 34.7. The minimum absolute atomic E-state index is 0.0282. The van der Waals surface area contributed by atoms with Crippen molar-refractivity contribution in [1.82, 2.24) is 20.1 Å². The van der Waals surface area contributed by atoms with Crippen molar-refractivity contribution in [3.8, 4) is 0 Å². The van der Waals surface area contributed by atoms with Gasteiger partial charge >= 0.3 is 6.09 Å². The Morgan fingerprint density at radius 3 is 2.48 bits per heavy atom. The summed E-state index contributed by atoms with van der Waals surface area (Å²) in [6.45, 7) is 10.2. The van der Waals surface area contributed by atoms with Crippen molar-refractivity contribution in [2.75, 3.05) is 7.11 Å². The van der Waals surface area contributed by atoms with Gasteiger partial charge in [-0.05, 0) is 62.5 Å². The molecule has 1 fully saturated rings. The van der Waals surface area contributed by atoms with Crippen LogP contribution < -0.4 is 10.6 Å². The molecule has 0 bridgehead atoms. The second kappa shape index (κ2) is 16.7. The van der Waals surface area contributed by atoms with Gasteiger partial charge in [-0.15, -0.1) is 0 Å². The SMILES string of the molecule is [2H]C[C@@H]1CCC[C@H](CC)N1C(=O)C[C@@H](CC(C)(C)C)C(=O)NC(Cc1cn(C(=O)OC)c2ccccc12)C(=O)N[C@@H](C=O)CCCC. The fraction of sp³-hybridized carbons (Fsp3) is 0.639. The molecule has 2 N–H and O–H groups in total. The molecule has 46 heavy (non-hydrogen) atoms. The Balaban J connectivity index is 1.96. The van der Waals surface area contributed by atoms with Crippen LogP contribution in [0, 0.1) is 11.3 Å². The van der Waals surface area contributed by atoms with Gasteiger partial charge in [0.05, 0.1) is 18.7 Å². The summed E-state index contributed by atoms with van der Waals surface area (Å²) in [7, 11) is 1.29. The summed E-state index contributed by atoms with van der Waals surface area (Å²) in [6.07, 6.45) is 7.65. The molecule has 0 radical (unpaired) electrons. The maximum atomic E-state index is 14.1. The van der Waals surface area contributed by atoms with Crippen LogP contribution in [-0.2, 0) is 30.3 Å². The van der Waals surface area contributed by atoms with E-state index in [2.05, 4.69) is 10.6 Å². The molecule has 1 aliphatic rings. The zero-order valence-electron chi connectivity index (χ0n) is 29.5. The van der Waals surface area contributed by atoms with E-state index in [0.29, 0.717) is 30.2 Å². The number of unbranched alkanes of at least 4 members (excludes halogenated alkanes) is 1. The molecule has 0 spiro atoms. The molecule has 0 saturated carbocycles. The number of fused-ring (bicyclic) bond motifs is 1. The van der Waals surface area contributed by atoms with Crippen molar-refractivity contribution in [3.63, 3.8) is 0 Å². The maximum absolute atomic E-state index is 14.1. The molecule has 2 aromatic rings. The number of carbonyl (C=O) groups excluding carboxylic acids is 5. The van der Waals surface area contributed by atoms with E-state index >= 15 is 0 Å². The first-order valence-electron chi connectivity index (χ1n) is 17.4. The van der Waals surface area contributed by atoms with E-state index in [1.54, 1.807) is 18.3 Å². The van der Waals surface area contributed by atoms with E-state index < -0.39 is 35.9 Å². The number of methoxy groups -OCH3 is 1. The average Bonchev–Trinajstić information content (AvgIpc) is 3.42. The molecule has 254 valence electrons. The van der Waals surface area contributed by atoms with Gasteiger partial charge in [-0.3, -0.25) is 19.0 Å². The van der Waals surface area contributed by atoms with Gasteiger partial charge in [0.25, 0.3) is 0 Å². The second-order valence-electron chi connectivity index (χ2n) is 13.8. The highest BCUT2D eigenvalue weighted by molar-refractivity contribution is 5.94. The van der Waals surface area contributed by atoms with E-state index in [-0.39, 0.29) is 43.1 Å². The van der Waals surface area contributed by atoms with E-state index in [0.717, 1.165) is 43.9 Å². The number of likely N-dealkylation sites (tertiary alicyclic amines) is 1. The normalized spacial score (nSPS) is 19.1. The minimum atomic E-state index is -1.08. The van der Waals surface area contributed by atoms with Crippen molar-refractivity contribution in [1.29, 1.82) is 0 Å². The average molecular weight is 640 g/mol. The molecule has 1 unspecified atom stereocenters. The quantitative estimate of drug-likeness (QED) is 0.253. The zero-order valence-corrected chi connectivity index (χ0v) is 28.5. The number of benzene rings is 1. The van der Waals surface area contributed by atoms with Crippen LogP contribution in [0.2, 0.25) is 0 Å². The predicted octanol–water partition coefficient (Wildman–Crippen LogP) is 5.78. The van der Waals surface area contributed by atoms with Crippen molar-refractivity contribution >= 4 is 41.0 Å². The number of rotatable bonds is 14. The predicted molar refractivity (Wildman–Crippen MR) is 179 cm³/mol. The Kier molecular flexibility index (Phi) is 12.8. The number of nitrogens with one attached hydrogen (secondary N) is 2. The Morgan fingerprint density at radius 2 is 1.85 bits per heavy atom. The largest absolute Gasteiger partial charge is 0.452 e. The first-order chi connectivity index (χ1) is 22.4. The highest BCUT2D eigenvalue weighted by Gasteiger charge is 2.36. The summed E-state index contributed by atoms with van der Waals surface area (Å²) in [5.74, 6) is -1.80. The van der Waals surface area contributed by atoms with Gasteiger partial charge in [0.15, 0.2) is 0 Å². The van der Waals surface area contributed by atoms with Crippen LogP contribution in [0.4, 0.5) is 4.79 Å². The topological polar surface area (TPSA) is 127 Å². The lowest BCUT2D eigenvalue weighted by Crippen LogP contribution is -2.53. The number of ether oxygens (including phenoxy) is 1. The van der Waals surface area contributed by atoms with Crippen LogP contribution in [0.25, 0.3) is 10.9 Å². The molecule has 1 saturated heterocycles. The van der Waals surface area contributed by atoms with E-state index in [1.165, 1.54) is 11.7 Å². The number of hydrogen-bond acceptors (Lipinski definition) is 6. The number of piperidine rings is 1. The molecule has 10 nitrogen and oxygen atoms in total. The number of aromatic nitrogens is 1. The molecule has 1 aliphatic heterocycles. The number of para-hydroxylation sites is 1. The summed E-state index contributed by atoms with van der Waals surface area (Å²) in [6, 6.07) is 5.31.